The Labute approximate surface area is 98.8 Å². The van der Waals surface area contributed by atoms with Crippen LogP contribution in [-0.2, 0) is 6.42 Å². The SMILES string of the molecule is CCC(N)CCc1ccc(Br)cc1Cl. The van der Waals surface area contributed by atoms with Crippen molar-refractivity contribution >= 4 is 27.5 Å². The minimum Gasteiger partial charge on any atom is -0.328 e. The Bertz CT molecular complexity index is 301. The Morgan fingerprint density at radius 3 is 2.79 bits per heavy atom. The van der Waals surface area contributed by atoms with Gasteiger partial charge < -0.3 is 5.73 Å². The molecule has 0 aliphatic carbocycles. The van der Waals surface area contributed by atoms with Gasteiger partial charge in [0.05, 0.1) is 0 Å². The fraction of sp³-hybridized carbons (Fsp3) is 0.455. The lowest BCUT2D eigenvalue weighted by atomic mass is 10.0. The van der Waals surface area contributed by atoms with E-state index in [2.05, 4.69) is 28.9 Å². The van der Waals surface area contributed by atoms with Crippen molar-refractivity contribution in [3.63, 3.8) is 0 Å². The van der Waals surface area contributed by atoms with Crippen molar-refractivity contribution in [3.05, 3.63) is 33.3 Å². The van der Waals surface area contributed by atoms with Crippen LogP contribution in [0.4, 0.5) is 0 Å². The molecule has 0 radical (unpaired) electrons. The van der Waals surface area contributed by atoms with Gasteiger partial charge in [-0.3, -0.25) is 0 Å². The van der Waals surface area contributed by atoms with Gasteiger partial charge in [-0.2, -0.15) is 0 Å². The summed E-state index contributed by atoms with van der Waals surface area (Å²) in [6.45, 7) is 2.11. The van der Waals surface area contributed by atoms with E-state index in [0.717, 1.165) is 28.8 Å². The number of aryl methyl sites for hydroxylation is 1. The van der Waals surface area contributed by atoms with Crippen LogP contribution >= 0.6 is 27.5 Å². The Morgan fingerprint density at radius 2 is 2.21 bits per heavy atom. The summed E-state index contributed by atoms with van der Waals surface area (Å²) in [6, 6.07) is 6.27. The van der Waals surface area contributed by atoms with Crippen molar-refractivity contribution in [1.29, 1.82) is 0 Å². The van der Waals surface area contributed by atoms with Gasteiger partial charge in [0.25, 0.3) is 0 Å². The first-order valence-corrected chi connectivity index (χ1v) is 6.00. The van der Waals surface area contributed by atoms with Crippen LogP contribution in [0.3, 0.4) is 0 Å². The highest BCUT2D eigenvalue weighted by Gasteiger charge is 2.04. The van der Waals surface area contributed by atoms with E-state index in [1.54, 1.807) is 0 Å². The average molecular weight is 277 g/mol. The van der Waals surface area contributed by atoms with Crippen LogP contribution in [0.15, 0.2) is 22.7 Å². The van der Waals surface area contributed by atoms with Crippen molar-refractivity contribution in [1.82, 2.24) is 0 Å². The lowest BCUT2D eigenvalue weighted by Gasteiger charge is -2.09. The normalized spacial score (nSPS) is 12.9. The van der Waals surface area contributed by atoms with Crippen LogP contribution < -0.4 is 5.73 Å². The van der Waals surface area contributed by atoms with Gasteiger partial charge in [0, 0.05) is 15.5 Å². The molecule has 0 fully saturated rings. The van der Waals surface area contributed by atoms with Gasteiger partial charge in [-0.1, -0.05) is 40.5 Å². The maximum absolute atomic E-state index is 6.09. The second-order valence-corrected chi connectivity index (χ2v) is 4.77. The molecule has 2 N–H and O–H groups in total. The zero-order valence-corrected chi connectivity index (χ0v) is 10.6. The van der Waals surface area contributed by atoms with Crippen molar-refractivity contribution in [2.24, 2.45) is 5.73 Å². The lowest BCUT2D eigenvalue weighted by Crippen LogP contribution is -2.19. The Kier molecular flexibility index (Phi) is 4.93. The Balaban J connectivity index is 2.59. The maximum Gasteiger partial charge on any atom is 0.0449 e. The molecule has 0 aromatic heterocycles. The van der Waals surface area contributed by atoms with E-state index in [1.807, 2.05) is 12.1 Å². The summed E-state index contributed by atoms with van der Waals surface area (Å²) in [5.74, 6) is 0. The number of rotatable bonds is 4. The molecular weight excluding hydrogens is 261 g/mol. The standard InChI is InChI=1S/C11H15BrClN/c1-2-10(14)6-4-8-3-5-9(12)7-11(8)13/h3,5,7,10H,2,4,6,14H2,1H3. The van der Waals surface area contributed by atoms with Gasteiger partial charge in [-0.25, -0.2) is 0 Å². The quantitative estimate of drug-likeness (QED) is 0.890. The summed E-state index contributed by atoms with van der Waals surface area (Å²) < 4.78 is 1.02. The minimum atomic E-state index is 0.287. The van der Waals surface area contributed by atoms with Crippen molar-refractivity contribution in [2.75, 3.05) is 0 Å². The van der Waals surface area contributed by atoms with Gasteiger partial charge in [-0.15, -0.1) is 0 Å². The molecule has 0 amide bonds. The molecule has 0 heterocycles. The molecule has 3 heteroatoms. The molecule has 1 nitrogen and oxygen atoms in total. The molecule has 0 saturated carbocycles. The molecular formula is C11H15BrClN. The number of nitrogens with two attached hydrogens (primary N) is 1. The highest BCUT2D eigenvalue weighted by Crippen LogP contribution is 2.22. The first-order valence-electron chi connectivity index (χ1n) is 4.83. The smallest absolute Gasteiger partial charge is 0.0449 e. The summed E-state index contributed by atoms with van der Waals surface area (Å²) in [5.41, 5.74) is 7.03. The highest BCUT2D eigenvalue weighted by molar-refractivity contribution is 9.10. The van der Waals surface area contributed by atoms with E-state index >= 15 is 0 Å². The van der Waals surface area contributed by atoms with Crippen LogP contribution in [0.1, 0.15) is 25.3 Å². The van der Waals surface area contributed by atoms with Gasteiger partial charge in [-0.05, 0) is 37.0 Å². The zero-order valence-electron chi connectivity index (χ0n) is 8.26. The van der Waals surface area contributed by atoms with Crippen LogP contribution in [0.2, 0.25) is 5.02 Å². The first kappa shape index (κ1) is 12.0. The van der Waals surface area contributed by atoms with E-state index in [0.29, 0.717) is 0 Å². The molecule has 1 atom stereocenters. The average Bonchev–Trinajstić information content (AvgIpc) is 2.16. The van der Waals surface area contributed by atoms with Crippen LogP contribution in [0, 0.1) is 0 Å². The minimum absolute atomic E-state index is 0.287. The molecule has 0 spiro atoms. The zero-order chi connectivity index (χ0) is 10.6. The topological polar surface area (TPSA) is 26.0 Å². The predicted octanol–water partition coefficient (Wildman–Crippen LogP) is 3.77. The maximum atomic E-state index is 6.09. The predicted molar refractivity (Wildman–Crippen MR) is 65.7 cm³/mol. The summed E-state index contributed by atoms with van der Waals surface area (Å²) in [4.78, 5) is 0. The largest absolute Gasteiger partial charge is 0.328 e. The van der Waals surface area contributed by atoms with E-state index < -0.39 is 0 Å². The number of hydrogen-bond donors (Lipinski definition) is 1. The first-order chi connectivity index (χ1) is 6.63. The fourth-order valence-corrected chi connectivity index (χ4v) is 2.04. The number of halogens is 2. The van der Waals surface area contributed by atoms with Crippen molar-refractivity contribution < 1.29 is 0 Å². The van der Waals surface area contributed by atoms with E-state index in [-0.39, 0.29) is 6.04 Å². The molecule has 1 unspecified atom stereocenters. The van der Waals surface area contributed by atoms with E-state index in [4.69, 9.17) is 17.3 Å². The Morgan fingerprint density at radius 1 is 1.50 bits per heavy atom. The molecule has 1 rings (SSSR count). The number of hydrogen-bond acceptors (Lipinski definition) is 1. The molecule has 1 aromatic rings. The number of benzene rings is 1. The summed E-state index contributed by atoms with van der Waals surface area (Å²) in [7, 11) is 0. The molecule has 0 saturated heterocycles. The van der Waals surface area contributed by atoms with Gasteiger partial charge in [0.15, 0.2) is 0 Å². The molecule has 78 valence electrons. The van der Waals surface area contributed by atoms with Crippen LogP contribution in [0.25, 0.3) is 0 Å². The molecule has 0 bridgehead atoms. The van der Waals surface area contributed by atoms with Gasteiger partial charge >= 0.3 is 0 Å². The third kappa shape index (κ3) is 3.60. The molecule has 0 aliphatic rings. The third-order valence-corrected chi connectivity index (χ3v) is 3.17. The fourth-order valence-electron chi connectivity index (χ4n) is 1.27. The molecule has 1 aromatic carbocycles. The van der Waals surface area contributed by atoms with Crippen LogP contribution in [0.5, 0.6) is 0 Å². The van der Waals surface area contributed by atoms with Crippen molar-refractivity contribution in [3.8, 4) is 0 Å². The molecule has 0 aliphatic heterocycles. The van der Waals surface area contributed by atoms with E-state index in [1.165, 1.54) is 5.56 Å². The molecule has 14 heavy (non-hydrogen) atoms. The van der Waals surface area contributed by atoms with Gasteiger partial charge in [0.1, 0.15) is 0 Å². The Hall–Kier alpha value is -0.0500. The second kappa shape index (κ2) is 5.74. The van der Waals surface area contributed by atoms with Crippen LogP contribution in [-0.4, -0.2) is 6.04 Å². The van der Waals surface area contributed by atoms with Gasteiger partial charge in [0.2, 0.25) is 0 Å². The highest BCUT2D eigenvalue weighted by atomic mass is 79.9. The third-order valence-electron chi connectivity index (χ3n) is 2.32. The summed E-state index contributed by atoms with van der Waals surface area (Å²) >= 11 is 9.47. The second-order valence-electron chi connectivity index (χ2n) is 3.44. The summed E-state index contributed by atoms with van der Waals surface area (Å²) in [5, 5.41) is 0.822. The lowest BCUT2D eigenvalue weighted by molar-refractivity contribution is 0.596. The summed E-state index contributed by atoms with van der Waals surface area (Å²) in [6.07, 6.45) is 2.98. The van der Waals surface area contributed by atoms with Crippen molar-refractivity contribution in [2.45, 2.75) is 32.2 Å². The monoisotopic (exact) mass is 275 g/mol. The van der Waals surface area contributed by atoms with E-state index in [9.17, 15) is 0 Å².